The van der Waals surface area contributed by atoms with Crippen LogP contribution < -0.4 is 5.14 Å². The van der Waals surface area contributed by atoms with Crippen LogP contribution >= 0.6 is 0 Å². The molecule has 0 fully saturated rings. The summed E-state index contributed by atoms with van der Waals surface area (Å²) < 4.78 is 33.6. The Hall–Kier alpha value is -0.960. The molecule has 0 saturated carbocycles. The van der Waals surface area contributed by atoms with Gasteiger partial charge in [0.2, 0.25) is 10.0 Å². The predicted molar refractivity (Wildman–Crippen MR) is 60.9 cm³/mol. The monoisotopic (exact) mass is 263 g/mol. The van der Waals surface area contributed by atoms with E-state index in [9.17, 15) is 8.42 Å². The minimum Gasteiger partial charge on any atom is -0.382 e. The van der Waals surface area contributed by atoms with Gasteiger partial charge in [-0.25, -0.2) is 13.6 Å². The highest BCUT2D eigenvalue weighted by Crippen LogP contribution is 2.04. The van der Waals surface area contributed by atoms with E-state index in [1.807, 2.05) is 0 Å². The van der Waals surface area contributed by atoms with Crippen molar-refractivity contribution in [3.8, 4) is 0 Å². The summed E-state index contributed by atoms with van der Waals surface area (Å²) in [4.78, 5) is 0.0257. The van der Waals surface area contributed by atoms with Gasteiger partial charge >= 0.3 is 0 Å². The van der Waals surface area contributed by atoms with Crippen LogP contribution in [0, 0.1) is 0 Å². The SMILES string of the molecule is COCCOCCCn1cc(S(N)(=O)=O)cn1. The van der Waals surface area contributed by atoms with Crippen LogP contribution in [0.5, 0.6) is 0 Å². The zero-order valence-electron chi connectivity index (χ0n) is 9.70. The summed E-state index contributed by atoms with van der Waals surface area (Å²) in [6.45, 7) is 2.28. The van der Waals surface area contributed by atoms with Crippen molar-refractivity contribution in [1.82, 2.24) is 9.78 Å². The van der Waals surface area contributed by atoms with Gasteiger partial charge in [0.1, 0.15) is 4.90 Å². The number of nitrogens with zero attached hydrogens (tertiary/aromatic N) is 2. The van der Waals surface area contributed by atoms with E-state index < -0.39 is 10.0 Å². The van der Waals surface area contributed by atoms with E-state index in [1.165, 1.54) is 17.1 Å². The molecule has 0 bridgehead atoms. The normalized spacial score (nSPS) is 11.9. The fourth-order valence-corrected chi connectivity index (χ4v) is 1.65. The summed E-state index contributed by atoms with van der Waals surface area (Å²) in [7, 11) is -2.04. The molecule has 0 aromatic carbocycles. The third-order valence-electron chi connectivity index (χ3n) is 2.05. The lowest BCUT2D eigenvalue weighted by Gasteiger charge is -2.03. The van der Waals surface area contributed by atoms with Gasteiger partial charge in [0.05, 0.1) is 19.4 Å². The van der Waals surface area contributed by atoms with E-state index in [-0.39, 0.29) is 4.90 Å². The molecular weight excluding hydrogens is 246 g/mol. The van der Waals surface area contributed by atoms with Crippen molar-refractivity contribution in [2.24, 2.45) is 5.14 Å². The number of hydrogen-bond donors (Lipinski definition) is 1. The Morgan fingerprint density at radius 3 is 2.76 bits per heavy atom. The number of nitrogens with two attached hydrogens (primary N) is 1. The molecule has 2 N–H and O–H groups in total. The molecule has 1 aromatic heterocycles. The summed E-state index contributed by atoms with van der Waals surface area (Å²) in [5.41, 5.74) is 0. The standard InChI is InChI=1S/C9H17N3O4S/c1-15-5-6-16-4-2-3-12-8-9(7-11-12)17(10,13)14/h7-8H,2-6H2,1H3,(H2,10,13,14). The topological polar surface area (TPSA) is 96.4 Å². The van der Waals surface area contributed by atoms with Gasteiger partial charge in [0.15, 0.2) is 0 Å². The Labute approximate surface area is 101 Å². The zero-order chi connectivity index (χ0) is 12.7. The fourth-order valence-electron chi connectivity index (χ4n) is 1.19. The number of rotatable bonds is 8. The largest absolute Gasteiger partial charge is 0.382 e. The third kappa shape index (κ3) is 5.26. The summed E-state index contributed by atoms with van der Waals surface area (Å²) in [6.07, 6.45) is 3.39. The van der Waals surface area contributed by atoms with Gasteiger partial charge in [-0.15, -0.1) is 0 Å². The predicted octanol–water partition coefficient (Wildman–Crippen LogP) is -0.416. The lowest BCUT2D eigenvalue weighted by molar-refractivity contribution is 0.0677. The number of aryl methyl sites for hydroxylation is 1. The first-order chi connectivity index (χ1) is 8.04. The quantitative estimate of drug-likeness (QED) is 0.643. The third-order valence-corrected chi connectivity index (χ3v) is 2.91. The van der Waals surface area contributed by atoms with Gasteiger partial charge in [-0.05, 0) is 6.42 Å². The van der Waals surface area contributed by atoms with Gasteiger partial charge in [0, 0.05) is 26.5 Å². The van der Waals surface area contributed by atoms with Gasteiger partial charge < -0.3 is 9.47 Å². The van der Waals surface area contributed by atoms with Crippen molar-refractivity contribution in [3.63, 3.8) is 0 Å². The molecule has 0 amide bonds. The first-order valence-electron chi connectivity index (χ1n) is 5.16. The van der Waals surface area contributed by atoms with Crippen molar-refractivity contribution < 1.29 is 17.9 Å². The van der Waals surface area contributed by atoms with E-state index in [0.29, 0.717) is 26.4 Å². The molecule has 17 heavy (non-hydrogen) atoms. The van der Waals surface area contributed by atoms with Crippen LogP contribution in [-0.4, -0.2) is 45.1 Å². The smallest absolute Gasteiger partial charge is 0.241 e. The number of primary sulfonamides is 1. The number of aromatic nitrogens is 2. The fraction of sp³-hybridized carbons (Fsp3) is 0.667. The molecule has 0 atom stereocenters. The van der Waals surface area contributed by atoms with Gasteiger partial charge in [0.25, 0.3) is 0 Å². The minimum atomic E-state index is -3.66. The highest BCUT2D eigenvalue weighted by molar-refractivity contribution is 7.89. The summed E-state index contributed by atoms with van der Waals surface area (Å²) in [6, 6.07) is 0. The first-order valence-corrected chi connectivity index (χ1v) is 6.70. The van der Waals surface area contributed by atoms with Gasteiger partial charge in [-0.1, -0.05) is 0 Å². The van der Waals surface area contributed by atoms with Crippen LogP contribution in [0.2, 0.25) is 0 Å². The van der Waals surface area contributed by atoms with Crippen LogP contribution in [0.3, 0.4) is 0 Å². The summed E-state index contributed by atoms with van der Waals surface area (Å²) >= 11 is 0. The average Bonchev–Trinajstić information content (AvgIpc) is 2.71. The number of ether oxygens (including phenoxy) is 2. The Balaban J connectivity index is 2.26. The molecule has 0 radical (unpaired) electrons. The summed E-state index contributed by atoms with van der Waals surface area (Å²) in [5, 5.41) is 8.85. The molecule has 0 unspecified atom stereocenters. The molecule has 8 heteroatoms. The molecule has 1 aromatic rings. The van der Waals surface area contributed by atoms with Gasteiger partial charge in [-0.2, -0.15) is 5.10 Å². The number of sulfonamides is 1. The van der Waals surface area contributed by atoms with E-state index in [4.69, 9.17) is 14.6 Å². The summed E-state index contributed by atoms with van der Waals surface area (Å²) in [5.74, 6) is 0. The van der Waals surface area contributed by atoms with Crippen molar-refractivity contribution >= 4 is 10.0 Å². The highest BCUT2D eigenvalue weighted by Gasteiger charge is 2.09. The number of methoxy groups -OCH3 is 1. The van der Waals surface area contributed by atoms with E-state index in [2.05, 4.69) is 5.10 Å². The average molecular weight is 263 g/mol. The molecule has 0 aliphatic rings. The molecule has 7 nitrogen and oxygen atoms in total. The Bertz CT molecular complexity index is 429. The van der Waals surface area contributed by atoms with Crippen molar-refractivity contribution in [3.05, 3.63) is 12.4 Å². The first kappa shape index (κ1) is 14.1. The van der Waals surface area contributed by atoms with E-state index >= 15 is 0 Å². The molecule has 0 aliphatic heterocycles. The molecule has 98 valence electrons. The Morgan fingerprint density at radius 2 is 2.18 bits per heavy atom. The molecule has 1 rings (SSSR count). The maximum Gasteiger partial charge on any atom is 0.241 e. The van der Waals surface area contributed by atoms with Crippen molar-refractivity contribution in [1.29, 1.82) is 0 Å². The Kier molecular flexibility index (Phi) is 5.56. The van der Waals surface area contributed by atoms with Crippen LogP contribution in [0.25, 0.3) is 0 Å². The van der Waals surface area contributed by atoms with E-state index in [0.717, 1.165) is 6.42 Å². The van der Waals surface area contributed by atoms with Crippen molar-refractivity contribution in [2.75, 3.05) is 26.9 Å². The highest BCUT2D eigenvalue weighted by atomic mass is 32.2. The maximum atomic E-state index is 11.0. The minimum absolute atomic E-state index is 0.0257. The maximum absolute atomic E-state index is 11.0. The lowest BCUT2D eigenvalue weighted by atomic mass is 10.4. The van der Waals surface area contributed by atoms with Gasteiger partial charge in [-0.3, -0.25) is 4.68 Å². The Morgan fingerprint density at radius 1 is 1.41 bits per heavy atom. The second kappa shape index (κ2) is 6.70. The van der Waals surface area contributed by atoms with Crippen LogP contribution in [0.15, 0.2) is 17.3 Å². The second-order valence-corrected chi connectivity index (χ2v) is 5.00. The molecular formula is C9H17N3O4S. The van der Waals surface area contributed by atoms with Crippen LogP contribution in [0.1, 0.15) is 6.42 Å². The zero-order valence-corrected chi connectivity index (χ0v) is 10.5. The van der Waals surface area contributed by atoms with Crippen molar-refractivity contribution in [2.45, 2.75) is 17.9 Å². The molecule has 1 heterocycles. The van der Waals surface area contributed by atoms with E-state index in [1.54, 1.807) is 7.11 Å². The molecule has 0 spiro atoms. The molecule has 0 aliphatic carbocycles. The molecule has 0 saturated heterocycles. The van der Waals surface area contributed by atoms with Crippen LogP contribution in [0.4, 0.5) is 0 Å². The van der Waals surface area contributed by atoms with Crippen LogP contribution in [-0.2, 0) is 26.0 Å². The number of hydrogen-bond acceptors (Lipinski definition) is 5. The second-order valence-electron chi connectivity index (χ2n) is 3.44. The lowest BCUT2D eigenvalue weighted by Crippen LogP contribution is -2.11.